The van der Waals surface area contributed by atoms with E-state index in [0.29, 0.717) is 17.8 Å². The lowest BCUT2D eigenvalue weighted by Gasteiger charge is -2.18. The molecule has 2 atom stereocenters. The van der Waals surface area contributed by atoms with Crippen LogP contribution >= 0.6 is 0 Å². The van der Waals surface area contributed by atoms with Gasteiger partial charge in [-0.1, -0.05) is 13.8 Å². The third-order valence-electron chi connectivity index (χ3n) is 3.61. The Balaban J connectivity index is 2.00. The highest BCUT2D eigenvalue weighted by molar-refractivity contribution is 5.54. The molecule has 0 saturated carbocycles. The van der Waals surface area contributed by atoms with Crippen LogP contribution in [0.2, 0.25) is 0 Å². The molecule has 2 unspecified atom stereocenters. The van der Waals surface area contributed by atoms with Gasteiger partial charge in [-0.3, -0.25) is 0 Å². The summed E-state index contributed by atoms with van der Waals surface area (Å²) in [5.41, 5.74) is 6.86. The number of nitrogens with two attached hydrogens (primary N) is 1. The van der Waals surface area contributed by atoms with Gasteiger partial charge in [-0.2, -0.15) is 0 Å². The van der Waals surface area contributed by atoms with Crippen molar-refractivity contribution in [3.63, 3.8) is 0 Å². The number of nitrogens with one attached hydrogen (secondary N) is 1. The Morgan fingerprint density at radius 3 is 3.00 bits per heavy atom. The quantitative estimate of drug-likeness (QED) is 0.834. The van der Waals surface area contributed by atoms with Crippen LogP contribution in [0.1, 0.15) is 32.3 Å². The van der Waals surface area contributed by atoms with Crippen LogP contribution in [0.3, 0.4) is 0 Å². The fourth-order valence-corrected chi connectivity index (χ4v) is 2.53. The van der Waals surface area contributed by atoms with E-state index in [4.69, 9.17) is 10.5 Å². The number of nitrogens with zero attached hydrogens (tertiary/aromatic N) is 2. The summed E-state index contributed by atoms with van der Waals surface area (Å²) in [5, 5.41) is 3.40. The first-order valence-corrected chi connectivity index (χ1v) is 6.71. The fourth-order valence-electron chi connectivity index (χ4n) is 2.53. The van der Waals surface area contributed by atoms with Gasteiger partial charge >= 0.3 is 0 Å². The highest BCUT2D eigenvalue weighted by atomic mass is 16.5. The van der Waals surface area contributed by atoms with E-state index in [1.54, 1.807) is 0 Å². The molecule has 1 aromatic rings. The normalized spacial score (nSPS) is 23.2. The molecule has 1 aliphatic heterocycles. The number of hydrogen-bond donors (Lipinski definition) is 2. The summed E-state index contributed by atoms with van der Waals surface area (Å²) in [4.78, 5) is 8.30. The first-order valence-electron chi connectivity index (χ1n) is 6.71. The number of nitrogen functional groups attached to an aromatic ring is 1. The van der Waals surface area contributed by atoms with Gasteiger partial charge in [0.05, 0.1) is 6.10 Å². The molecule has 0 spiro atoms. The topological polar surface area (TPSA) is 73.1 Å². The first-order chi connectivity index (χ1) is 8.76. The Kier molecular flexibility index (Phi) is 4.36. The Hall–Kier alpha value is -1.36. The average molecular weight is 250 g/mol. The van der Waals surface area contributed by atoms with Gasteiger partial charge in [0.2, 0.25) is 0 Å². The summed E-state index contributed by atoms with van der Waals surface area (Å²) >= 11 is 0. The summed E-state index contributed by atoms with van der Waals surface area (Å²) in [6.07, 6.45) is 4.92. The van der Waals surface area contributed by atoms with Gasteiger partial charge in [-0.25, -0.2) is 9.97 Å². The van der Waals surface area contributed by atoms with E-state index in [0.717, 1.165) is 43.8 Å². The molecule has 0 aliphatic carbocycles. The van der Waals surface area contributed by atoms with Gasteiger partial charge in [0, 0.05) is 24.6 Å². The largest absolute Gasteiger partial charge is 0.383 e. The van der Waals surface area contributed by atoms with Crippen molar-refractivity contribution in [3.8, 4) is 0 Å². The zero-order chi connectivity index (χ0) is 13.0. The Morgan fingerprint density at radius 1 is 1.44 bits per heavy atom. The summed E-state index contributed by atoms with van der Waals surface area (Å²) in [5.74, 6) is 2.01. The maximum absolute atomic E-state index is 5.85. The number of anilines is 2. The standard InChI is InChI=1S/C13H22N4O/c1-3-10-12(14)16-8-17-13(10)15-7-9-5-6-18-11(9)4-2/h8-9,11H,3-7H2,1-2H3,(H3,14,15,16,17). The maximum Gasteiger partial charge on any atom is 0.134 e. The van der Waals surface area contributed by atoms with Gasteiger partial charge in [0.25, 0.3) is 0 Å². The number of aromatic nitrogens is 2. The highest BCUT2D eigenvalue weighted by Gasteiger charge is 2.26. The zero-order valence-corrected chi connectivity index (χ0v) is 11.1. The molecule has 1 saturated heterocycles. The molecule has 1 aromatic heterocycles. The first kappa shape index (κ1) is 13.1. The predicted molar refractivity (Wildman–Crippen MR) is 72.5 cm³/mol. The van der Waals surface area contributed by atoms with Gasteiger partial charge in [0.1, 0.15) is 18.0 Å². The van der Waals surface area contributed by atoms with Crippen molar-refractivity contribution in [1.29, 1.82) is 0 Å². The number of rotatable bonds is 5. The van der Waals surface area contributed by atoms with E-state index in [-0.39, 0.29) is 0 Å². The van der Waals surface area contributed by atoms with Crippen molar-refractivity contribution in [2.75, 3.05) is 24.2 Å². The van der Waals surface area contributed by atoms with Crippen molar-refractivity contribution in [2.24, 2.45) is 5.92 Å². The Labute approximate surface area is 108 Å². The lowest BCUT2D eigenvalue weighted by molar-refractivity contribution is 0.0900. The molecule has 5 heteroatoms. The van der Waals surface area contributed by atoms with E-state index in [2.05, 4.69) is 29.1 Å². The highest BCUT2D eigenvalue weighted by Crippen LogP contribution is 2.25. The SMILES string of the molecule is CCc1c(N)ncnc1NCC1CCOC1CC. The smallest absolute Gasteiger partial charge is 0.134 e. The molecule has 0 bridgehead atoms. The van der Waals surface area contributed by atoms with Gasteiger partial charge < -0.3 is 15.8 Å². The Bertz CT molecular complexity index is 397. The minimum Gasteiger partial charge on any atom is -0.383 e. The summed E-state index contributed by atoms with van der Waals surface area (Å²) < 4.78 is 5.69. The van der Waals surface area contributed by atoms with Crippen LogP contribution < -0.4 is 11.1 Å². The van der Waals surface area contributed by atoms with Crippen molar-refractivity contribution in [1.82, 2.24) is 9.97 Å². The van der Waals surface area contributed by atoms with Crippen LogP contribution in [0, 0.1) is 5.92 Å². The van der Waals surface area contributed by atoms with Gasteiger partial charge in [-0.15, -0.1) is 0 Å². The lowest BCUT2D eigenvalue weighted by atomic mass is 9.99. The van der Waals surface area contributed by atoms with Crippen LogP contribution in [0.15, 0.2) is 6.33 Å². The maximum atomic E-state index is 5.85. The van der Waals surface area contributed by atoms with E-state index in [9.17, 15) is 0 Å². The minimum atomic E-state index is 0.377. The second-order valence-corrected chi connectivity index (χ2v) is 4.69. The van der Waals surface area contributed by atoms with Crippen LogP contribution in [-0.4, -0.2) is 29.2 Å². The van der Waals surface area contributed by atoms with E-state index >= 15 is 0 Å². The zero-order valence-electron chi connectivity index (χ0n) is 11.1. The third-order valence-corrected chi connectivity index (χ3v) is 3.61. The summed E-state index contributed by atoms with van der Waals surface area (Å²) in [6, 6.07) is 0. The van der Waals surface area contributed by atoms with Crippen molar-refractivity contribution in [3.05, 3.63) is 11.9 Å². The molecule has 0 aromatic carbocycles. The third kappa shape index (κ3) is 2.72. The molecule has 0 amide bonds. The van der Waals surface area contributed by atoms with Gasteiger partial charge in [-0.05, 0) is 19.3 Å². The Morgan fingerprint density at radius 2 is 2.28 bits per heavy atom. The van der Waals surface area contributed by atoms with Crippen LogP contribution in [0.25, 0.3) is 0 Å². The number of hydrogen-bond acceptors (Lipinski definition) is 5. The molecule has 3 N–H and O–H groups in total. The second kappa shape index (κ2) is 6.00. The van der Waals surface area contributed by atoms with Crippen molar-refractivity contribution in [2.45, 2.75) is 39.2 Å². The van der Waals surface area contributed by atoms with Crippen LogP contribution in [0.4, 0.5) is 11.6 Å². The second-order valence-electron chi connectivity index (χ2n) is 4.69. The van der Waals surface area contributed by atoms with Crippen molar-refractivity contribution >= 4 is 11.6 Å². The molecule has 100 valence electrons. The molecule has 0 radical (unpaired) electrons. The van der Waals surface area contributed by atoms with E-state index in [1.165, 1.54) is 6.33 Å². The lowest BCUT2D eigenvalue weighted by Crippen LogP contribution is -2.23. The van der Waals surface area contributed by atoms with Crippen LogP contribution in [0.5, 0.6) is 0 Å². The monoisotopic (exact) mass is 250 g/mol. The summed E-state index contributed by atoms with van der Waals surface area (Å²) in [7, 11) is 0. The fraction of sp³-hybridized carbons (Fsp3) is 0.692. The van der Waals surface area contributed by atoms with Gasteiger partial charge in [0.15, 0.2) is 0 Å². The summed E-state index contributed by atoms with van der Waals surface area (Å²) in [6.45, 7) is 6.00. The molecular weight excluding hydrogens is 228 g/mol. The van der Waals surface area contributed by atoms with E-state index < -0.39 is 0 Å². The molecule has 1 fully saturated rings. The van der Waals surface area contributed by atoms with E-state index in [1.807, 2.05) is 0 Å². The minimum absolute atomic E-state index is 0.377. The number of ether oxygens (including phenoxy) is 1. The van der Waals surface area contributed by atoms with Crippen LogP contribution in [-0.2, 0) is 11.2 Å². The molecule has 2 heterocycles. The average Bonchev–Trinajstić information content (AvgIpc) is 2.83. The molecule has 1 aliphatic rings. The van der Waals surface area contributed by atoms with Crippen molar-refractivity contribution < 1.29 is 4.74 Å². The predicted octanol–water partition coefficient (Wildman–Crippen LogP) is 1.85. The molecular formula is C13H22N4O. The molecule has 18 heavy (non-hydrogen) atoms. The molecule has 5 nitrogen and oxygen atoms in total. The molecule has 2 rings (SSSR count).